The van der Waals surface area contributed by atoms with Gasteiger partial charge in [-0.15, -0.1) is 0 Å². The van der Waals surface area contributed by atoms with Gasteiger partial charge in [-0.05, 0) is 38.0 Å². The number of nitriles is 1. The Hall–Kier alpha value is -1.87. The maximum absolute atomic E-state index is 12.2. The van der Waals surface area contributed by atoms with Crippen molar-refractivity contribution in [3.63, 3.8) is 0 Å². The molecule has 2 atom stereocenters. The second-order valence-electron chi connectivity index (χ2n) is 4.92. The molecular formula is C15H19NO4S. The van der Waals surface area contributed by atoms with Crippen LogP contribution in [0, 0.1) is 11.3 Å². The summed E-state index contributed by atoms with van der Waals surface area (Å²) in [6, 6.07) is 8.28. The van der Waals surface area contributed by atoms with Crippen molar-refractivity contribution in [1.29, 1.82) is 5.26 Å². The Bertz CT molecular complexity index is 646. The molecule has 5 nitrogen and oxygen atoms in total. The van der Waals surface area contributed by atoms with Gasteiger partial charge in [0.2, 0.25) is 0 Å². The van der Waals surface area contributed by atoms with Crippen LogP contribution in [0.3, 0.4) is 0 Å². The van der Waals surface area contributed by atoms with E-state index < -0.39 is 21.1 Å². The van der Waals surface area contributed by atoms with Gasteiger partial charge in [0.05, 0.1) is 23.5 Å². The zero-order chi connectivity index (χ0) is 16.0. The first kappa shape index (κ1) is 17.2. The highest BCUT2D eigenvalue weighted by molar-refractivity contribution is 7.92. The van der Waals surface area contributed by atoms with Crippen molar-refractivity contribution in [3.8, 4) is 6.07 Å². The van der Waals surface area contributed by atoms with Gasteiger partial charge in [-0.3, -0.25) is 4.79 Å². The maximum atomic E-state index is 12.2. The average Bonchev–Trinajstić information content (AvgIpc) is 2.45. The number of rotatable bonds is 6. The van der Waals surface area contributed by atoms with Crippen molar-refractivity contribution in [2.45, 2.75) is 44.3 Å². The van der Waals surface area contributed by atoms with Gasteiger partial charge in [0, 0.05) is 0 Å². The number of sulfone groups is 1. The Kier molecular flexibility index (Phi) is 5.91. The molecule has 114 valence electrons. The first-order valence-electron chi connectivity index (χ1n) is 6.71. The summed E-state index contributed by atoms with van der Waals surface area (Å²) in [5.74, 6) is -1.03. The summed E-state index contributed by atoms with van der Waals surface area (Å²) >= 11 is 0. The Balaban J connectivity index is 2.85. The second kappa shape index (κ2) is 7.23. The van der Waals surface area contributed by atoms with Crippen LogP contribution in [0.25, 0.3) is 0 Å². The summed E-state index contributed by atoms with van der Waals surface area (Å²) in [7, 11) is -3.68. The first-order valence-corrected chi connectivity index (χ1v) is 8.42. The molecule has 0 aliphatic rings. The van der Waals surface area contributed by atoms with Crippen molar-refractivity contribution in [2.24, 2.45) is 0 Å². The quantitative estimate of drug-likeness (QED) is 0.752. The number of hydrogen-bond donors (Lipinski definition) is 0. The van der Waals surface area contributed by atoms with Gasteiger partial charge < -0.3 is 4.74 Å². The van der Waals surface area contributed by atoms with Crippen LogP contribution in [-0.4, -0.2) is 25.7 Å². The van der Waals surface area contributed by atoms with Crippen molar-refractivity contribution < 1.29 is 17.9 Å². The van der Waals surface area contributed by atoms with Crippen LogP contribution in [0.1, 0.15) is 38.3 Å². The number of esters is 1. The molecule has 2 unspecified atom stereocenters. The van der Waals surface area contributed by atoms with Crippen molar-refractivity contribution >= 4 is 15.8 Å². The molecule has 1 aromatic carbocycles. The number of ether oxygens (including phenoxy) is 1. The van der Waals surface area contributed by atoms with E-state index >= 15 is 0 Å². The smallest absolute Gasteiger partial charge is 0.324 e. The fourth-order valence-electron chi connectivity index (χ4n) is 1.61. The minimum absolute atomic E-state index is 0.292. The maximum Gasteiger partial charge on any atom is 0.324 e. The van der Waals surface area contributed by atoms with Gasteiger partial charge >= 0.3 is 5.97 Å². The third-order valence-corrected chi connectivity index (χ3v) is 5.19. The molecule has 0 spiro atoms. The van der Waals surface area contributed by atoms with E-state index in [9.17, 15) is 13.2 Å². The van der Waals surface area contributed by atoms with Gasteiger partial charge in [0.15, 0.2) is 15.1 Å². The molecule has 1 aromatic rings. The minimum Gasteiger partial charge on any atom is -0.462 e. The highest BCUT2D eigenvalue weighted by atomic mass is 32.2. The monoisotopic (exact) mass is 309 g/mol. The summed E-state index contributed by atoms with van der Waals surface area (Å²) in [5, 5.41) is 7.59. The molecule has 0 aliphatic carbocycles. The van der Waals surface area contributed by atoms with E-state index in [-0.39, 0.29) is 11.9 Å². The Morgan fingerprint density at radius 3 is 2.62 bits per heavy atom. The molecule has 0 fully saturated rings. The number of nitrogens with zero attached hydrogens (tertiary/aromatic N) is 1. The minimum atomic E-state index is -3.68. The predicted octanol–water partition coefficient (Wildman–Crippen LogP) is 2.20. The molecule has 0 aliphatic heterocycles. The molecule has 0 N–H and O–H groups in total. The highest BCUT2D eigenvalue weighted by Gasteiger charge is 2.30. The van der Waals surface area contributed by atoms with E-state index in [1.807, 2.05) is 13.0 Å². The van der Waals surface area contributed by atoms with E-state index in [2.05, 4.69) is 0 Å². The van der Waals surface area contributed by atoms with Gasteiger partial charge in [0.1, 0.15) is 0 Å². The molecule has 6 heteroatoms. The molecule has 0 heterocycles. The standard InChI is InChI=1S/C15H19NO4S/c1-4-11(2)20-15(17)12(3)21(18,19)10-14-7-5-6-13(8-14)9-16/h5-8,11-12H,4,10H2,1-3H3. The first-order chi connectivity index (χ1) is 9.80. The zero-order valence-electron chi connectivity index (χ0n) is 12.4. The molecule has 0 radical (unpaired) electrons. The molecule has 0 aromatic heterocycles. The number of carbonyl (C=O) groups excluding carboxylic acids is 1. The lowest BCUT2D eigenvalue weighted by Gasteiger charge is -2.16. The summed E-state index contributed by atoms with van der Waals surface area (Å²) in [4.78, 5) is 11.8. The van der Waals surface area contributed by atoms with Crippen LogP contribution in [0.15, 0.2) is 24.3 Å². The van der Waals surface area contributed by atoms with Gasteiger partial charge in [-0.2, -0.15) is 5.26 Å². The van der Waals surface area contributed by atoms with E-state index in [1.54, 1.807) is 25.1 Å². The lowest BCUT2D eigenvalue weighted by molar-refractivity contribution is -0.147. The summed E-state index contributed by atoms with van der Waals surface area (Å²) in [5.41, 5.74) is 0.870. The number of hydrogen-bond acceptors (Lipinski definition) is 5. The summed E-state index contributed by atoms with van der Waals surface area (Å²) in [6.45, 7) is 4.90. The lowest BCUT2D eigenvalue weighted by atomic mass is 10.2. The summed E-state index contributed by atoms with van der Waals surface area (Å²) in [6.07, 6.45) is 0.319. The van der Waals surface area contributed by atoms with Gasteiger partial charge in [-0.1, -0.05) is 19.1 Å². The molecule has 1 rings (SSSR count). The van der Waals surface area contributed by atoms with Crippen molar-refractivity contribution in [2.75, 3.05) is 0 Å². The van der Waals surface area contributed by atoms with Crippen molar-refractivity contribution in [3.05, 3.63) is 35.4 Å². The van der Waals surface area contributed by atoms with Crippen LogP contribution in [-0.2, 0) is 25.1 Å². The van der Waals surface area contributed by atoms with Crippen LogP contribution in [0.4, 0.5) is 0 Å². The SMILES string of the molecule is CCC(C)OC(=O)C(C)S(=O)(=O)Cc1cccc(C#N)c1. The fraction of sp³-hybridized carbons (Fsp3) is 0.467. The normalized spacial score (nSPS) is 14.0. The molecule has 0 saturated carbocycles. The third-order valence-electron chi connectivity index (χ3n) is 3.19. The average molecular weight is 309 g/mol. The Morgan fingerprint density at radius 2 is 2.05 bits per heavy atom. The van der Waals surface area contributed by atoms with E-state index in [4.69, 9.17) is 10.00 Å². The van der Waals surface area contributed by atoms with E-state index in [1.165, 1.54) is 13.0 Å². The molecule has 0 saturated heterocycles. The number of carbonyl (C=O) groups is 1. The van der Waals surface area contributed by atoms with Gasteiger partial charge in [0.25, 0.3) is 0 Å². The van der Waals surface area contributed by atoms with Crippen LogP contribution >= 0.6 is 0 Å². The molecule has 0 amide bonds. The Morgan fingerprint density at radius 1 is 1.38 bits per heavy atom. The number of benzene rings is 1. The van der Waals surface area contributed by atoms with Gasteiger partial charge in [-0.25, -0.2) is 8.42 Å². The zero-order valence-corrected chi connectivity index (χ0v) is 13.2. The second-order valence-corrected chi connectivity index (χ2v) is 7.24. The Labute approximate surface area is 125 Å². The fourth-order valence-corrected chi connectivity index (χ4v) is 2.85. The molecule has 21 heavy (non-hydrogen) atoms. The lowest BCUT2D eigenvalue weighted by Crippen LogP contribution is -2.32. The highest BCUT2D eigenvalue weighted by Crippen LogP contribution is 2.15. The summed E-state index contributed by atoms with van der Waals surface area (Å²) < 4.78 is 29.5. The topological polar surface area (TPSA) is 84.2 Å². The largest absolute Gasteiger partial charge is 0.462 e. The third kappa shape index (κ3) is 4.87. The van der Waals surface area contributed by atoms with E-state index in [0.717, 1.165) is 0 Å². The van der Waals surface area contributed by atoms with Crippen LogP contribution in [0.5, 0.6) is 0 Å². The van der Waals surface area contributed by atoms with Crippen molar-refractivity contribution in [1.82, 2.24) is 0 Å². The predicted molar refractivity (Wildman–Crippen MR) is 79.1 cm³/mol. The van der Waals surface area contributed by atoms with Crippen LogP contribution < -0.4 is 0 Å². The molecular weight excluding hydrogens is 290 g/mol. The van der Waals surface area contributed by atoms with Crippen LogP contribution in [0.2, 0.25) is 0 Å². The molecule has 0 bridgehead atoms. The van der Waals surface area contributed by atoms with E-state index in [0.29, 0.717) is 17.5 Å².